The second kappa shape index (κ2) is 5.84. The second-order valence-electron chi connectivity index (χ2n) is 6.28. The zero-order chi connectivity index (χ0) is 14.9. The summed E-state index contributed by atoms with van der Waals surface area (Å²) >= 11 is 0. The van der Waals surface area contributed by atoms with E-state index in [9.17, 15) is 0 Å². The van der Waals surface area contributed by atoms with Crippen molar-refractivity contribution in [1.29, 1.82) is 0 Å². The van der Waals surface area contributed by atoms with E-state index in [0.29, 0.717) is 18.0 Å². The van der Waals surface area contributed by atoms with Gasteiger partial charge in [-0.15, -0.1) is 0 Å². The number of hydrogen-bond donors (Lipinski definition) is 1. The predicted molar refractivity (Wildman–Crippen MR) is 87.0 cm³/mol. The van der Waals surface area contributed by atoms with E-state index in [1.54, 1.807) is 7.11 Å². The van der Waals surface area contributed by atoms with Crippen molar-refractivity contribution in [3.05, 3.63) is 71.3 Å². The molecular formula is C19H22N2O. The standard InChI is InChI=1S/C19H22N2O/c1-22-20-18-15-9-5-6-10-16(15)19-17(18)11-12-21(19)13-14-7-3-2-4-8-14/h2-10,17-20H,11-13H2,1H3/t17-,18?,19+/m0/s1. The van der Waals surface area contributed by atoms with Crippen LogP contribution in [-0.4, -0.2) is 18.6 Å². The third kappa shape index (κ3) is 2.26. The summed E-state index contributed by atoms with van der Waals surface area (Å²) in [6.45, 7) is 2.18. The molecule has 0 bridgehead atoms. The molecule has 0 saturated carbocycles. The Balaban J connectivity index is 1.64. The summed E-state index contributed by atoms with van der Waals surface area (Å²) in [6.07, 6.45) is 1.22. The van der Waals surface area contributed by atoms with Crippen LogP contribution in [0.1, 0.15) is 35.2 Å². The summed E-state index contributed by atoms with van der Waals surface area (Å²) in [6, 6.07) is 20.4. The van der Waals surface area contributed by atoms with Crippen LogP contribution in [0.3, 0.4) is 0 Å². The minimum Gasteiger partial charge on any atom is -0.305 e. The van der Waals surface area contributed by atoms with E-state index in [4.69, 9.17) is 4.84 Å². The lowest BCUT2D eigenvalue weighted by molar-refractivity contribution is 0.0404. The SMILES string of the molecule is CONC1c2ccccc2[C@@H]2[C@H]1CCN2Cc1ccccc1. The van der Waals surface area contributed by atoms with Gasteiger partial charge in [0.2, 0.25) is 0 Å². The summed E-state index contributed by atoms with van der Waals surface area (Å²) < 4.78 is 0. The van der Waals surface area contributed by atoms with Crippen LogP contribution < -0.4 is 5.48 Å². The van der Waals surface area contributed by atoms with Gasteiger partial charge >= 0.3 is 0 Å². The maximum atomic E-state index is 5.28. The Hall–Kier alpha value is -1.68. The lowest BCUT2D eigenvalue weighted by atomic mass is 9.98. The molecule has 0 aromatic heterocycles. The summed E-state index contributed by atoms with van der Waals surface area (Å²) in [7, 11) is 1.71. The number of fused-ring (bicyclic) bond motifs is 3. The number of benzene rings is 2. The largest absolute Gasteiger partial charge is 0.305 e. The van der Waals surface area contributed by atoms with Crippen LogP contribution >= 0.6 is 0 Å². The average Bonchev–Trinajstić information content (AvgIpc) is 3.09. The number of likely N-dealkylation sites (tertiary alicyclic amines) is 1. The van der Waals surface area contributed by atoms with Crippen molar-refractivity contribution in [3.8, 4) is 0 Å². The molecular weight excluding hydrogens is 272 g/mol. The molecule has 1 unspecified atom stereocenters. The first-order chi connectivity index (χ1) is 10.9. The average molecular weight is 294 g/mol. The Morgan fingerprint density at radius 1 is 1.05 bits per heavy atom. The Labute approximate surface area is 131 Å². The van der Waals surface area contributed by atoms with Crippen molar-refractivity contribution in [3.63, 3.8) is 0 Å². The zero-order valence-corrected chi connectivity index (χ0v) is 12.9. The van der Waals surface area contributed by atoms with E-state index in [0.717, 1.165) is 13.1 Å². The molecule has 2 aliphatic rings. The lowest BCUT2D eigenvalue weighted by Gasteiger charge is -2.25. The van der Waals surface area contributed by atoms with Crippen LogP contribution in [0.15, 0.2) is 54.6 Å². The highest BCUT2D eigenvalue weighted by Gasteiger charge is 2.47. The van der Waals surface area contributed by atoms with Crippen LogP contribution in [0, 0.1) is 5.92 Å². The first-order valence-corrected chi connectivity index (χ1v) is 8.04. The van der Waals surface area contributed by atoms with Crippen molar-refractivity contribution in [2.45, 2.75) is 25.0 Å². The van der Waals surface area contributed by atoms with Gasteiger partial charge in [-0.2, -0.15) is 5.48 Å². The fraction of sp³-hybridized carbons (Fsp3) is 0.368. The molecule has 22 heavy (non-hydrogen) atoms. The van der Waals surface area contributed by atoms with E-state index < -0.39 is 0 Å². The zero-order valence-electron chi connectivity index (χ0n) is 12.9. The lowest BCUT2D eigenvalue weighted by Crippen LogP contribution is -2.26. The number of rotatable bonds is 4. The van der Waals surface area contributed by atoms with Crippen LogP contribution in [0.4, 0.5) is 0 Å². The number of nitrogens with zero attached hydrogens (tertiary/aromatic N) is 1. The molecule has 2 aromatic carbocycles. The van der Waals surface area contributed by atoms with Crippen LogP contribution in [-0.2, 0) is 11.4 Å². The Bertz CT molecular complexity index is 643. The first kappa shape index (κ1) is 13.9. The summed E-state index contributed by atoms with van der Waals surface area (Å²) in [4.78, 5) is 7.90. The minimum atomic E-state index is 0.312. The van der Waals surface area contributed by atoms with E-state index in [1.165, 1.54) is 23.1 Å². The molecule has 1 aliphatic carbocycles. The molecule has 4 rings (SSSR count). The fourth-order valence-corrected chi connectivity index (χ4v) is 4.23. The van der Waals surface area contributed by atoms with Crippen molar-refractivity contribution in [1.82, 2.24) is 10.4 Å². The topological polar surface area (TPSA) is 24.5 Å². The predicted octanol–water partition coefficient (Wildman–Crippen LogP) is 3.46. The normalized spacial score (nSPS) is 26.9. The molecule has 3 heteroatoms. The molecule has 0 spiro atoms. The molecule has 1 saturated heterocycles. The number of nitrogens with one attached hydrogen (secondary N) is 1. The van der Waals surface area contributed by atoms with Crippen LogP contribution in [0.2, 0.25) is 0 Å². The summed E-state index contributed by atoms with van der Waals surface area (Å²) in [5, 5.41) is 0. The maximum Gasteiger partial charge on any atom is 0.0621 e. The van der Waals surface area contributed by atoms with E-state index >= 15 is 0 Å². The van der Waals surface area contributed by atoms with Gasteiger partial charge in [0.15, 0.2) is 0 Å². The molecule has 1 fully saturated rings. The molecule has 114 valence electrons. The van der Waals surface area contributed by atoms with Gasteiger partial charge < -0.3 is 4.84 Å². The monoisotopic (exact) mass is 294 g/mol. The Kier molecular flexibility index (Phi) is 3.70. The van der Waals surface area contributed by atoms with Gasteiger partial charge in [0.25, 0.3) is 0 Å². The quantitative estimate of drug-likeness (QED) is 0.874. The second-order valence-corrected chi connectivity index (χ2v) is 6.28. The fourth-order valence-electron chi connectivity index (χ4n) is 4.23. The van der Waals surface area contributed by atoms with Gasteiger partial charge in [0, 0.05) is 18.5 Å². The molecule has 0 amide bonds. The summed E-state index contributed by atoms with van der Waals surface area (Å²) in [5.41, 5.74) is 7.49. The highest BCUT2D eigenvalue weighted by atomic mass is 16.6. The first-order valence-electron chi connectivity index (χ1n) is 8.04. The van der Waals surface area contributed by atoms with E-state index in [1.807, 2.05) is 0 Å². The third-order valence-electron chi connectivity index (χ3n) is 5.10. The maximum absolute atomic E-state index is 5.28. The van der Waals surface area contributed by atoms with Gasteiger partial charge in [-0.1, -0.05) is 54.6 Å². The molecule has 0 radical (unpaired) electrons. The summed E-state index contributed by atoms with van der Waals surface area (Å²) in [5.74, 6) is 0.598. The third-order valence-corrected chi connectivity index (χ3v) is 5.10. The van der Waals surface area contributed by atoms with Gasteiger partial charge in [0.05, 0.1) is 13.2 Å². The number of hydroxylamine groups is 1. The van der Waals surface area contributed by atoms with Gasteiger partial charge in [-0.05, 0) is 29.7 Å². The van der Waals surface area contributed by atoms with Crippen molar-refractivity contribution < 1.29 is 4.84 Å². The van der Waals surface area contributed by atoms with Crippen LogP contribution in [0.5, 0.6) is 0 Å². The van der Waals surface area contributed by atoms with E-state index in [-0.39, 0.29) is 0 Å². The van der Waals surface area contributed by atoms with E-state index in [2.05, 4.69) is 65.0 Å². The molecule has 1 aliphatic heterocycles. The minimum absolute atomic E-state index is 0.312. The van der Waals surface area contributed by atoms with Gasteiger partial charge in [-0.3, -0.25) is 4.90 Å². The molecule has 1 heterocycles. The van der Waals surface area contributed by atoms with Crippen molar-refractivity contribution >= 4 is 0 Å². The Morgan fingerprint density at radius 3 is 2.55 bits per heavy atom. The molecule has 1 N–H and O–H groups in total. The molecule has 3 atom stereocenters. The molecule has 3 nitrogen and oxygen atoms in total. The highest BCUT2D eigenvalue weighted by molar-refractivity contribution is 5.40. The van der Waals surface area contributed by atoms with Crippen molar-refractivity contribution in [2.24, 2.45) is 5.92 Å². The highest BCUT2D eigenvalue weighted by Crippen LogP contribution is 2.52. The van der Waals surface area contributed by atoms with Gasteiger partial charge in [0.1, 0.15) is 0 Å². The van der Waals surface area contributed by atoms with Crippen molar-refractivity contribution in [2.75, 3.05) is 13.7 Å². The number of hydrogen-bond acceptors (Lipinski definition) is 3. The molecule has 2 aromatic rings. The van der Waals surface area contributed by atoms with Gasteiger partial charge in [-0.25, -0.2) is 0 Å². The smallest absolute Gasteiger partial charge is 0.0621 e. The Morgan fingerprint density at radius 2 is 1.77 bits per heavy atom. The van der Waals surface area contributed by atoms with Crippen LogP contribution in [0.25, 0.3) is 0 Å².